The van der Waals surface area contributed by atoms with E-state index >= 15 is 0 Å². The predicted molar refractivity (Wildman–Crippen MR) is 112 cm³/mol. The molecule has 0 atom stereocenters. The molecule has 0 radical (unpaired) electrons. The van der Waals surface area contributed by atoms with Crippen LogP contribution in [-0.4, -0.2) is 51.5 Å². The highest BCUT2D eigenvalue weighted by molar-refractivity contribution is 7.99. The first kappa shape index (κ1) is 20.1. The van der Waals surface area contributed by atoms with Crippen molar-refractivity contribution in [2.45, 2.75) is 4.90 Å². The Morgan fingerprint density at radius 1 is 1.25 bits per heavy atom. The van der Waals surface area contributed by atoms with Crippen LogP contribution in [0.4, 0.5) is 11.4 Å². The number of amides is 1. The maximum absolute atomic E-state index is 12.5. The van der Waals surface area contributed by atoms with Crippen LogP contribution in [0.15, 0.2) is 53.4 Å². The van der Waals surface area contributed by atoms with E-state index in [-0.39, 0.29) is 5.91 Å². The van der Waals surface area contributed by atoms with Gasteiger partial charge in [0.15, 0.2) is 6.54 Å². The Kier molecular flexibility index (Phi) is 7.18. The molecule has 1 aliphatic heterocycles. The van der Waals surface area contributed by atoms with Crippen LogP contribution in [0.3, 0.4) is 0 Å². The molecule has 0 aromatic heterocycles. The fourth-order valence-corrected chi connectivity index (χ4v) is 3.96. The maximum Gasteiger partial charge on any atom is 0.279 e. The van der Waals surface area contributed by atoms with Crippen molar-refractivity contribution in [3.8, 4) is 11.8 Å². The number of para-hydroxylation sites is 1. The zero-order valence-electron chi connectivity index (χ0n) is 16.0. The van der Waals surface area contributed by atoms with Crippen LogP contribution < -0.4 is 19.9 Å². The van der Waals surface area contributed by atoms with E-state index in [2.05, 4.69) is 22.4 Å². The summed E-state index contributed by atoms with van der Waals surface area (Å²) in [4.78, 5) is 17.0. The number of hydrogen-bond acceptors (Lipinski definition) is 5. The van der Waals surface area contributed by atoms with Gasteiger partial charge in [-0.1, -0.05) is 18.2 Å². The minimum atomic E-state index is 0.00911. The summed E-state index contributed by atoms with van der Waals surface area (Å²) in [7, 11) is 1.68. The number of anilines is 2. The molecule has 146 valence electrons. The third-order valence-electron chi connectivity index (χ3n) is 4.75. The summed E-state index contributed by atoms with van der Waals surface area (Å²) >= 11 is 1.44. The molecule has 7 heteroatoms. The van der Waals surface area contributed by atoms with Crippen LogP contribution in [0, 0.1) is 11.3 Å². The molecule has 0 unspecified atom stereocenters. The Labute approximate surface area is 170 Å². The Morgan fingerprint density at radius 3 is 2.79 bits per heavy atom. The summed E-state index contributed by atoms with van der Waals surface area (Å²) in [6, 6.07) is 17.8. The van der Waals surface area contributed by atoms with Gasteiger partial charge in [-0.3, -0.25) is 4.79 Å². The van der Waals surface area contributed by atoms with Gasteiger partial charge in [0.05, 0.1) is 50.8 Å². The number of nitriles is 1. The summed E-state index contributed by atoms with van der Waals surface area (Å²) < 4.78 is 5.31. The molecule has 2 aromatic carbocycles. The Bertz CT molecular complexity index is 844. The number of ether oxygens (including phenoxy) is 1. The first-order chi connectivity index (χ1) is 13.7. The first-order valence-electron chi connectivity index (χ1n) is 9.31. The third-order valence-corrected chi connectivity index (χ3v) is 5.69. The minimum Gasteiger partial charge on any atom is -0.497 e. The number of nitrogens with one attached hydrogen (secondary N) is 2. The highest BCUT2D eigenvalue weighted by atomic mass is 32.2. The standard InChI is InChI=1S/C21H24N4O2S/c1-27-18-6-4-5-17(15-18)25-12-10-24(11-13-25)16-21(26)23-19-7-2-3-8-20(19)28-14-9-22/h2-8,15H,10-14,16H2,1H3,(H,23,26)/p+1. The topological polar surface area (TPSA) is 69.8 Å². The molecule has 0 bridgehead atoms. The van der Waals surface area contributed by atoms with E-state index in [4.69, 9.17) is 10.00 Å². The van der Waals surface area contributed by atoms with Crippen LogP contribution in [0.5, 0.6) is 5.75 Å². The van der Waals surface area contributed by atoms with Crippen LogP contribution in [0.25, 0.3) is 0 Å². The largest absolute Gasteiger partial charge is 0.497 e. The van der Waals surface area contributed by atoms with Gasteiger partial charge >= 0.3 is 0 Å². The van der Waals surface area contributed by atoms with Gasteiger partial charge in [-0.15, -0.1) is 11.8 Å². The lowest BCUT2D eigenvalue weighted by Crippen LogP contribution is -3.15. The number of hydrogen-bond donors (Lipinski definition) is 2. The van der Waals surface area contributed by atoms with E-state index in [1.807, 2.05) is 42.5 Å². The molecule has 1 fully saturated rings. The number of carbonyl (C=O) groups is 1. The number of rotatable bonds is 7. The zero-order chi connectivity index (χ0) is 19.8. The molecular formula is C21H25N4O2S+. The van der Waals surface area contributed by atoms with Crippen molar-refractivity contribution in [2.24, 2.45) is 0 Å². The number of methoxy groups -OCH3 is 1. The van der Waals surface area contributed by atoms with Gasteiger partial charge in [-0.05, 0) is 24.3 Å². The molecule has 2 N–H and O–H groups in total. The lowest BCUT2D eigenvalue weighted by molar-refractivity contribution is -0.892. The lowest BCUT2D eigenvalue weighted by atomic mass is 10.2. The average molecular weight is 398 g/mol. The molecule has 6 nitrogen and oxygen atoms in total. The molecule has 28 heavy (non-hydrogen) atoms. The molecule has 1 heterocycles. The monoisotopic (exact) mass is 397 g/mol. The number of nitrogens with zero attached hydrogens (tertiary/aromatic N) is 2. The van der Waals surface area contributed by atoms with Gasteiger partial charge in [0.1, 0.15) is 5.75 Å². The van der Waals surface area contributed by atoms with Gasteiger partial charge in [0, 0.05) is 16.6 Å². The minimum absolute atomic E-state index is 0.00911. The molecule has 0 spiro atoms. The van der Waals surface area contributed by atoms with Gasteiger partial charge in [0.2, 0.25) is 0 Å². The summed E-state index contributed by atoms with van der Waals surface area (Å²) in [5.41, 5.74) is 1.94. The zero-order valence-corrected chi connectivity index (χ0v) is 16.8. The smallest absolute Gasteiger partial charge is 0.279 e. The van der Waals surface area contributed by atoms with Gasteiger partial charge < -0.3 is 19.9 Å². The Balaban J connectivity index is 1.51. The molecule has 2 aromatic rings. The van der Waals surface area contributed by atoms with Gasteiger partial charge in [-0.25, -0.2) is 0 Å². The second kappa shape index (κ2) is 10.0. The lowest BCUT2D eigenvalue weighted by Gasteiger charge is -2.33. The molecule has 1 aliphatic rings. The van der Waals surface area contributed by atoms with Crippen LogP contribution in [0.2, 0.25) is 0 Å². The second-order valence-corrected chi connectivity index (χ2v) is 7.62. The van der Waals surface area contributed by atoms with Crippen molar-refractivity contribution >= 4 is 29.0 Å². The third kappa shape index (κ3) is 5.41. The normalized spacial score (nSPS) is 14.4. The average Bonchev–Trinajstić information content (AvgIpc) is 2.73. The number of piperazine rings is 1. The summed E-state index contributed by atoms with van der Waals surface area (Å²) in [6.07, 6.45) is 0. The summed E-state index contributed by atoms with van der Waals surface area (Å²) in [5, 5.41) is 11.8. The fraction of sp³-hybridized carbons (Fsp3) is 0.333. The van der Waals surface area contributed by atoms with Crippen molar-refractivity contribution in [3.05, 3.63) is 48.5 Å². The molecular weight excluding hydrogens is 372 g/mol. The van der Waals surface area contributed by atoms with Crippen molar-refractivity contribution < 1.29 is 14.4 Å². The number of benzene rings is 2. The number of thioether (sulfide) groups is 1. The first-order valence-corrected chi connectivity index (χ1v) is 10.3. The summed E-state index contributed by atoms with van der Waals surface area (Å²) in [5.74, 6) is 1.24. The van der Waals surface area contributed by atoms with E-state index in [1.54, 1.807) is 7.11 Å². The summed E-state index contributed by atoms with van der Waals surface area (Å²) in [6.45, 7) is 4.09. The molecule has 3 rings (SSSR count). The van der Waals surface area contributed by atoms with Crippen LogP contribution in [-0.2, 0) is 4.79 Å². The fourth-order valence-electron chi connectivity index (χ4n) is 3.29. The van der Waals surface area contributed by atoms with E-state index in [0.29, 0.717) is 12.3 Å². The number of carbonyl (C=O) groups excluding carboxylic acids is 1. The van der Waals surface area contributed by atoms with E-state index in [9.17, 15) is 4.79 Å². The molecule has 1 saturated heterocycles. The maximum atomic E-state index is 12.5. The Hall–Kier alpha value is -2.69. The van der Waals surface area contributed by atoms with Crippen molar-refractivity contribution in [1.82, 2.24) is 0 Å². The van der Waals surface area contributed by atoms with Crippen LogP contribution in [0.1, 0.15) is 0 Å². The molecule has 0 aliphatic carbocycles. The van der Waals surface area contributed by atoms with Gasteiger partial charge in [-0.2, -0.15) is 5.26 Å². The quantitative estimate of drug-likeness (QED) is 0.696. The van der Waals surface area contributed by atoms with Gasteiger partial charge in [0.25, 0.3) is 5.91 Å². The van der Waals surface area contributed by atoms with Crippen molar-refractivity contribution in [3.63, 3.8) is 0 Å². The van der Waals surface area contributed by atoms with Crippen LogP contribution >= 0.6 is 11.8 Å². The SMILES string of the molecule is COc1cccc(N2CC[NH+](CC(=O)Nc3ccccc3SCC#N)CC2)c1. The highest BCUT2D eigenvalue weighted by Gasteiger charge is 2.23. The van der Waals surface area contributed by atoms with Crippen molar-refractivity contribution in [1.29, 1.82) is 5.26 Å². The molecule has 0 saturated carbocycles. The highest BCUT2D eigenvalue weighted by Crippen LogP contribution is 2.26. The van der Waals surface area contributed by atoms with E-state index in [1.165, 1.54) is 16.7 Å². The Morgan fingerprint density at radius 2 is 2.04 bits per heavy atom. The van der Waals surface area contributed by atoms with Crippen molar-refractivity contribution in [2.75, 3.05) is 55.8 Å². The predicted octanol–water partition coefficient (Wildman–Crippen LogP) is 1.65. The second-order valence-electron chi connectivity index (χ2n) is 6.61. The van der Waals surface area contributed by atoms with E-state index < -0.39 is 0 Å². The van der Waals surface area contributed by atoms with E-state index in [0.717, 1.165) is 48.2 Å². The number of quaternary nitrogens is 1. The molecule has 1 amide bonds.